The summed E-state index contributed by atoms with van der Waals surface area (Å²) in [5.41, 5.74) is 2.01. The van der Waals surface area contributed by atoms with Crippen LogP contribution in [0.3, 0.4) is 0 Å². The minimum Gasteiger partial charge on any atom is -0.496 e. The van der Waals surface area contributed by atoms with Gasteiger partial charge in [0.2, 0.25) is 0 Å². The molecule has 0 unspecified atom stereocenters. The Bertz CT molecular complexity index is 811. The number of hydrogen-bond donors (Lipinski definition) is 1. The third kappa shape index (κ3) is 2.50. The van der Waals surface area contributed by atoms with Gasteiger partial charge in [0.25, 0.3) is 0 Å². The molecule has 4 nitrogen and oxygen atoms in total. The summed E-state index contributed by atoms with van der Waals surface area (Å²) in [5.74, 6) is 0.676. The smallest absolute Gasteiger partial charge is 0.169 e. The van der Waals surface area contributed by atoms with E-state index in [0.717, 1.165) is 5.56 Å². The first kappa shape index (κ1) is 13.6. The molecule has 0 amide bonds. The van der Waals surface area contributed by atoms with Crippen LogP contribution in [0.2, 0.25) is 5.02 Å². The average Bonchev–Trinajstić information content (AvgIpc) is 2.93. The van der Waals surface area contributed by atoms with Crippen LogP contribution < -0.4 is 4.74 Å². The van der Waals surface area contributed by atoms with Gasteiger partial charge in [-0.15, -0.1) is 0 Å². The molecule has 3 aromatic rings. The third-order valence-electron chi connectivity index (χ3n) is 3.37. The van der Waals surface area contributed by atoms with Gasteiger partial charge in [-0.05, 0) is 12.1 Å². The van der Waals surface area contributed by atoms with Crippen LogP contribution in [0.4, 0.5) is 0 Å². The van der Waals surface area contributed by atoms with Gasteiger partial charge < -0.3 is 9.72 Å². The van der Waals surface area contributed by atoms with Gasteiger partial charge >= 0.3 is 0 Å². The van der Waals surface area contributed by atoms with Gasteiger partial charge in [-0.3, -0.25) is 4.79 Å². The Kier molecular flexibility index (Phi) is 3.62. The van der Waals surface area contributed by atoms with E-state index in [1.54, 1.807) is 25.6 Å². The van der Waals surface area contributed by atoms with Crippen LogP contribution in [0.5, 0.6) is 5.75 Å². The van der Waals surface area contributed by atoms with Gasteiger partial charge in [-0.2, -0.15) is 0 Å². The highest BCUT2D eigenvalue weighted by Gasteiger charge is 2.17. The van der Waals surface area contributed by atoms with E-state index < -0.39 is 0 Å². The Balaban J connectivity index is 1.98. The average molecular weight is 301 g/mol. The number of benzene rings is 1. The summed E-state index contributed by atoms with van der Waals surface area (Å²) in [6.45, 7) is 0. The van der Waals surface area contributed by atoms with Crippen LogP contribution in [0, 0.1) is 0 Å². The molecule has 2 aromatic heterocycles. The molecule has 0 spiro atoms. The van der Waals surface area contributed by atoms with E-state index in [1.807, 2.05) is 24.3 Å². The van der Waals surface area contributed by atoms with Crippen molar-refractivity contribution in [2.75, 3.05) is 7.11 Å². The largest absolute Gasteiger partial charge is 0.496 e. The predicted octanol–water partition coefficient (Wildman–Crippen LogP) is 3.65. The quantitative estimate of drug-likeness (QED) is 0.748. The van der Waals surface area contributed by atoms with Crippen LogP contribution in [0.1, 0.15) is 15.9 Å². The number of methoxy groups -OCH3 is 1. The Hall–Kier alpha value is -2.33. The fraction of sp³-hybridized carbons (Fsp3) is 0.125. The highest BCUT2D eigenvalue weighted by Crippen LogP contribution is 2.27. The lowest BCUT2D eigenvalue weighted by Crippen LogP contribution is -2.04. The summed E-state index contributed by atoms with van der Waals surface area (Å²) in [5, 5.41) is 1.18. The molecular weight excluding hydrogens is 288 g/mol. The molecule has 0 saturated carbocycles. The monoisotopic (exact) mass is 300 g/mol. The van der Waals surface area contributed by atoms with Crippen LogP contribution >= 0.6 is 11.6 Å². The molecule has 21 heavy (non-hydrogen) atoms. The molecule has 0 bridgehead atoms. The first-order valence-corrected chi connectivity index (χ1v) is 6.85. The molecule has 0 saturated heterocycles. The second-order valence-corrected chi connectivity index (χ2v) is 5.04. The Morgan fingerprint density at radius 1 is 1.33 bits per heavy atom. The Morgan fingerprint density at radius 3 is 2.95 bits per heavy atom. The molecule has 0 aliphatic carbocycles. The second-order valence-electron chi connectivity index (χ2n) is 4.63. The lowest BCUT2D eigenvalue weighted by atomic mass is 10.0. The summed E-state index contributed by atoms with van der Waals surface area (Å²) in [4.78, 5) is 19.7. The van der Waals surface area contributed by atoms with Crippen molar-refractivity contribution in [2.45, 2.75) is 6.42 Å². The number of para-hydroxylation sites is 1. The molecular formula is C16H13ClN2O2. The number of aromatic nitrogens is 2. The molecule has 0 radical (unpaired) electrons. The number of ketones is 1. The van der Waals surface area contributed by atoms with Crippen molar-refractivity contribution < 1.29 is 9.53 Å². The van der Waals surface area contributed by atoms with Crippen LogP contribution in [0.15, 0.2) is 42.7 Å². The number of rotatable bonds is 4. The van der Waals surface area contributed by atoms with Crippen molar-refractivity contribution in [3.05, 3.63) is 58.9 Å². The van der Waals surface area contributed by atoms with Gasteiger partial charge in [0.05, 0.1) is 12.1 Å². The zero-order valence-corrected chi connectivity index (χ0v) is 12.1. The SMILES string of the molecule is COc1ccccc1CC(=O)c1c[nH]c2nccc(Cl)c12. The highest BCUT2D eigenvalue weighted by molar-refractivity contribution is 6.36. The fourth-order valence-electron chi connectivity index (χ4n) is 2.35. The van der Waals surface area contributed by atoms with Crippen molar-refractivity contribution in [1.82, 2.24) is 9.97 Å². The van der Waals surface area contributed by atoms with Gasteiger partial charge in [0.1, 0.15) is 11.4 Å². The molecule has 0 aliphatic heterocycles. The van der Waals surface area contributed by atoms with E-state index in [-0.39, 0.29) is 12.2 Å². The number of pyridine rings is 1. The maximum Gasteiger partial charge on any atom is 0.169 e. The number of fused-ring (bicyclic) bond motifs is 1. The summed E-state index contributed by atoms with van der Waals surface area (Å²) in [6, 6.07) is 9.16. The first-order valence-electron chi connectivity index (χ1n) is 6.47. The molecule has 0 aliphatic rings. The third-order valence-corrected chi connectivity index (χ3v) is 3.68. The van der Waals surface area contributed by atoms with Gasteiger partial charge in [0, 0.05) is 35.3 Å². The first-order chi connectivity index (χ1) is 10.2. The fourth-order valence-corrected chi connectivity index (χ4v) is 2.60. The number of aromatic amines is 1. The number of ether oxygens (including phenoxy) is 1. The van der Waals surface area contributed by atoms with Crippen molar-refractivity contribution in [1.29, 1.82) is 0 Å². The zero-order chi connectivity index (χ0) is 14.8. The van der Waals surface area contributed by atoms with E-state index >= 15 is 0 Å². The summed E-state index contributed by atoms with van der Waals surface area (Å²) < 4.78 is 5.28. The highest BCUT2D eigenvalue weighted by atomic mass is 35.5. The molecule has 106 valence electrons. The van der Waals surface area contributed by atoms with Crippen LogP contribution in [-0.4, -0.2) is 22.9 Å². The topological polar surface area (TPSA) is 55.0 Å². The van der Waals surface area contributed by atoms with E-state index in [1.165, 1.54) is 0 Å². The van der Waals surface area contributed by atoms with Crippen LogP contribution in [0.25, 0.3) is 11.0 Å². The molecule has 2 heterocycles. The normalized spacial score (nSPS) is 10.8. The van der Waals surface area contributed by atoms with E-state index in [0.29, 0.717) is 27.4 Å². The predicted molar refractivity (Wildman–Crippen MR) is 82.1 cm³/mol. The van der Waals surface area contributed by atoms with Gasteiger partial charge in [-0.1, -0.05) is 29.8 Å². The summed E-state index contributed by atoms with van der Waals surface area (Å²) in [6.07, 6.45) is 3.51. The number of carbonyl (C=O) groups is 1. The lowest BCUT2D eigenvalue weighted by Gasteiger charge is -2.07. The second kappa shape index (κ2) is 5.58. The minimum atomic E-state index is -0.0272. The van der Waals surface area contributed by atoms with Gasteiger partial charge in [0.15, 0.2) is 5.78 Å². The van der Waals surface area contributed by atoms with Crippen molar-refractivity contribution in [3.8, 4) is 5.75 Å². The molecule has 5 heteroatoms. The summed E-state index contributed by atoms with van der Waals surface area (Å²) in [7, 11) is 1.59. The number of Topliss-reactive ketones (excluding diaryl/α,β-unsaturated/α-hetero) is 1. The van der Waals surface area contributed by atoms with Crippen molar-refractivity contribution in [2.24, 2.45) is 0 Å². The molecule has 0 fully saturated rings. The molecule has 1 aromatic carbocycles. The lowest BCUT2D eigenvalue weighted by molar-refractivity contribution is 0.0993. The zero-order valence-electron chi connectivity index (χ0n) is 11.4. The standard InChI is InChI=1S/C16H13ClN2O2/c1-21-14-5-3-2-4-10(14)8-13(20)11-9-19-16-15(11)12(17)6-7-18-16/h2-7,9H,8H2,1H3,(H,18,19). The van der Waals surface area contributed by atoms with E-state index in [4.69, 9.17) is 16.3 Å². The van der Waals surface area contributed by atoms with Gasteiger partial charge in [-0.25, -0.2) is 4.98 Å². The van der Waals surface area contributed by atoms with E-state index in [9.17, 15) is 4.79 Å². The minimum absolute atomic E-state index is 0.0272. The maximum absolute atomic E-state index is 12.5. The number of H-pyrrole nitrogens is 1. The molecule has 1 N–H and O–H groups in total. The van der Waals surface area contributed by atoms with Crippen molar-refractivity contribution in [3.63, 3.8) is 0 Å². The Morgan fingerprint density at radius 2 is 2.14 bits per heavy atom. The maximum atomic E-state index is 12.5. The number of halogens is 1. The number of hydrogen-bond acceptors (Lipinski definition) is 3. The Labute approximate surface area is 126 Å². The van der Waals surface area contributed by atoms with Crippen molar-refractivity contribution >= 4 is 28.4 Å². The number of nitrogens with zero attached hydrogens (tertiary/aromatic N) is 1. The number of nitrogens with one attached hydrogen (secondary N) is 1. The van der Waals surface area contributed by atoms with Crippen LogP contribution in [-0.2, 0) is 6.42 Å². The number of carbonyl (C=O) groups excluding carboxylic acids is 1. The van der Waals surface area contributed by atoms with E-state index in [2.05, 4.69) is 9.97 Å². The molecule has 0 atom stereocenters. The molecule has 3 rings (SSSR count). The summed E-state index contributed by atoms with van der Waals surface area (Å²) >= 11 is 6.17.